The van der Waals surface area contributed by atoms with Gasteiger partial charge in [0, 0.05) is 16.0 Å². The standard InChI is InChI=1S/C20H20N4OS2/c1-12(2)7-19(25)27-14-4-5-16-15(9-14)20(22-10-21-16)24-13-3-6-18-17(8-13)23-11-26-18/h3-6,8-12,19,25H,7H2,1-2H3,(H,21,22,24). The number of aliphatic hydroxyl groups is 1. The van der Waals surface area contributed by atoms with Crippen LogP contribution in [0.3, 0.4) is 0 Å². The summed E-state index contributed by atoms with van der Waals surface area (Å²) in [4.78, 5) is 14.2. The van der Waals surface area contributed by atoms with Crippen molar-refractivity contribution in [1.29, 1.82) is 0 Å². The molecular weight excluding hydrogens is 376 g/mol. The van der Waals surface area contributed by atoms with Gasteiger partial charge in [-0.1, -0.05) is 25.6 Å². The summed E-state index contributed by atoms with van der Waals surface area (Å²) in [6.45, 7) is 4.22. The molecule has 0 spiro atoms. The average Bonchev–Trinajstić information content (AvgIpc) is 3.09. The molecule has 4 rings (SSSR count). The lowest BCUT2D eigenvalue weighted by atomic mass is 10.1. The van der Waals surface area contributed by atoms with Crippen molar-refractivity contribution in [2.45, 2.75) is 30.6 Å². The summed E-state index contributed by atoms with van der Waals surface area (Å²) < 4.78 is 1.16. The highest BCUT2D eigenvalue weighted by Crippen LogP contribution is 2.31. The van der Waals surface area contributed by atoms with Crippen molar-refractivity contribution in [3.63, 3.8) is 0 Å². The lowest BCUT2D eigenvalue weighted by Gasteiger charge is -2.13. The maximum absolute atomic E-state index is 10.2. The number of hydrogen-bond donors (Lipinski definition) is 2. The minimum absolute atomic E-state index is 0.421. The predicted molar refractivity (Wildman–Crippen MR) is 114 cm³/mol. The lowest BCUT2D eigenvalue weighted by Crippen LogP contribution is -2.04. The number of anilines is 2. The molecule has 138 valence electrons. The van der Waals surface area contributed by atoms with Crippen LogP contribution in [0.4, 0.5) is 11.5 Å². The number of nitrogens with one attached hydrogen (secondary N) is 1. The van der Waals surface area contributed by atoms with Crippen molar-refractivity contribution in [2.24, 2.45) is 5.92 Å². The molecule has 0 saturated carbocycles. The van der Waals surface area contributed by atoms with E-state index in [0.29, 0.717) is 5.92 Å². The van der Waals surface area contributed by atoms with E-state index in [4.69, 9.17) is 0 Å². The molecule has 0 amide bonds. The zero-order valence-corrected chi connectivity index (χ0v) is 16.7. The quantitative estimate of drug-likeness (QED) is 0.334. The number of rotatable bonds is 6. The van der Waals surface area contributed by atoms with E-state index in [1.165, 1.54) is 11.8 Å². The lowest BCUT2D eigenvalue weighted by molar-refractivity contribution is 0.233. The van der Waals surface area contributed by atoms with Crippen LogP contribution in [0, 0.1) is 5.92 Å². The molecule has 0 radical (unpaired) electrons. The molecule has 0 saturated heterocycles. The van der Waals surface area contributed by atoms with Gasteiger partial charge in [0.05, 0.1) is 21.2 Å². The summed E-state index contributed by atoms with van der Waals surface area (Å²) in [7, 11) is 0. The van der Waals surface area contributed by atoms with E-state index in [9.17, 15) is 5.11 Å². The van der Waals surface area contributed by atoms with Crippen molar-refractivity contribution in [3.05, 3.63) is 48.2 Å². The molecule has 7 heteroatoms. The summed E-state index contributed by atoms with van der Waals surface area (Å²) >= 11 is 3.09. The molecule has 5 nitrogen and oxygen atoms in total. The van der Waals surface area contributed by atoms with Gasteiger partial charge in [0.15, 0.2) is 0 Å². The van der Waals surface area contributed by atoms with Crippen LogP contribution in [-0.2, 0) is 0 Å². The van der Waals surface area contributed by atoms with Crippen molar-refractivity contribution < 1.29 is 5.11 Å². The number of nitrogens with zero attached hydrogens (tertiary/aromatic N) is 3. The third-order valence-electron chi connectivity index (χ3n) is 4.15. The van der Waals surface area contributed by atoms with Crippen molar-refractivity contribution in [2.75, 3.05) is 5.32 Å². The van der Waals surface area contributed by atoms with E-state index in [0.717, 1.165) is 43.9 Å². The van der Waals surface area contributed by atoms with Crippen LogP contribution in [-0.4, -0.2) is 25.5 Å². The van der Waals surface area contributed by atoms with E-state index in [2.05, 4.69) is 40.2 Å². The maximum atomic E-state index is 10.2. The summed E-state index contributed by atoms with van der Waals surface area (Å²) in [5, 5.41) is 14.6. The minimum Gasteiger partial charge on any atom is -0.382 e. The second-order valence-corrected chi connectivity index (χ2v) is 8.90. The first-order valence-electron chi connectivity index (χ1n) is 8.78. The summed E-state index contributed by atoms with van der Waals surface area (Å²) in [6.07, 6.45) is 2.32. The number of thiazole rings is 1. The Hall–Kier alpha value is -2.22. The Kier molecular flexibility index (Phi) is 5.24. The van der Waals surface area contributed by atoms with Crippen molar-refractivity contribution >= 4 is 55.7 Å². The molecule has 4 aromatic rings. The van der Waals surface area contributed by atoms with Gasteiger partial charge in [0.1, 0.15) is 17.6 Å². The molecule has 0 bridgehead atoms. The van der Waals surface area contributed by atoms with E-state index in [1.54, 1.807) is 17.7 Å². The fourth-order valence-corrected chi connectivity index (χ4v) is 4.68. The van der Waals surface area contributed by atoms with Crippen molar-refractivity contribution in [3.8, 4) is 0 Å². The number of thioether (sulfide) groups is 1. The zero-order chi connectivity index (χ0) is 18.8. The van der Waals surface area contributed by atoms with Crippen LogP contribution in [0.15, 0.2) is 53.1 Å². The highest BCUT2D eigenvalue weighted by Gasteiger charge is 2.11. The monoisotopic (exact) mass is 396 g/mol. The molecule has 1 atom stereocenters. The Balaban J connectivity index is 1.64. The Labute approximate surface area is 165 Å². The fraction of sp³-hybridized carbons (Fsp3) is 0.250. The van der Waals surface area contributed by atoms with Crippen LogP contribution < -0.4 is 5.32 Å². The van der Waals surface area contributed by atoms with E-state index >= 15 is 0 Å². The van der Waals surface area contributed by atoms with Gasteiger partial charge in [-0.05, 0) is 48.7 Å². The first-order chi connectivity index (χ1) is 13.1. The Morgan fingerprint density at radius 2 is 1.96 bits per heavy atom. The van der Waals surface area contributed by atoms with Gasteiger partial charge in [0.2, 0.25) is 0 Å². The highest BCUT2D eigenvalue weighted by atomic mass is 32.2. The van der Waals surface area contributed by atoms with Gasteiger partial charge < -0.3 is 10.4 Å². The average molecular weight is 397 g/mol. The molecule has 1 unspecified atom stereocenters. The largest absolute Gasteiger partial charge is 0.382 e. The Morgan fingerprint density at radius 3 is 2.81 bits per heavy atom. The smallest absolute Gasteiger partial charge is 0.141 e. The number of hydrogen-bond acceptors (Lipinski definition) is 7. The number of aromatic nitrogens is 3. The first kappa shape index (κ1) is 18.2. The second kappa shape index (κ2) is 7.80. The molecule has 2 aromatic carbocycles. The summed E-state index contributed by atoms with van der Waals surface area (Å²) in [6, 6.07) is 12.1. The number of benzene rings is 2. The van der Waals surface area contributed by atoms with Gasteiger partial charge in [-0.15, -0.1) is 11.3 Å². The predicted octanol–water partition coefficient (Wildman–Crippen LogP) is 5.44. The Morgan fingerprint density at radius 1 is 1.07 bits per heavy atom. The molecule has 27 heavy (non-hydrogen) atoms. The number of aliphatic hydroxyl groups excluding tert-OH is 1. The molecule has 0 aliphatic rings. The van der Waals surface area contributed by atoms with E-state index in [1.807, 2.05) is 35.8 Å². The molecule has 2 N–H and O–H groups in total. The van der Waals surface area contributed by atoms with Crippen LogP contribution in [0.5, 0.6) is 0 Å². The first-order valence-corrected chi connectivity index (χ1v) is 10.5. The van der Waals surface area contributed by atoms with Crippen LogP contribution >= 0.6 is 23.1 Å². The van der Waals surface area contributed by atoms with Gasteiger partial charge in [0.25, 0.3) is 0 Å². The molecule has 0 aliphatic heterocycles. The zero-order valence-electron chi connectivity index (χ0n) is 15.1. The normalized spacial score (nSPS) is 12.7. The fourth-order valence-electron chi connectivity index (χ4n) is 2.89. The highest BCUT2D eigenvalue weighted by molar-refractivity contribution is 7.99. The SMILES string of the molecule is CC(C)CC(O)Sc1ccc2ncnc(Nc3ccc4scnc4c3)c2c1. The summed E-state index contributed by atoms with van der Waals surface area (Å²) in [5.74, 6) is 1.20. The van der Waals surface area contributed by atoms with Crippen LogP contribution in [0.1, 0.15) is 20.3 Å². The van der Waals surface area contributed by atoms with E-state index in [-0.39, 0.29) is 0 Å². The second-order valence-electron chi connectivity index (χ2n) is 6.76. The molecule has 0 fully saturated rings. The summed E-state index contributed by atoms with van der Waals surface area (Å²) in [5.41, 5.74) is 4.20. The van der Waals surface area contributed by atoms with Gasteiger partial charge in [-0.25, -0.2) is 15.0 Å². The third-order valence-corrected chi connectivity index (χ3v) is 5.95. The van der Waals surface area contributed by atoms with Gasteiger partial charge >= 0.3 is 0 Å². The van der Waals surface area contributed by atoms with Crippen molar-refractivity contribution in [1.82, 2.24) is 15.0 Å². The van der Waals surface area contributed by atoms with E-state index < -0.39 is 5.44 Å². The molecule has 2 aromatic heterocycles. The molecular formula is C20H20N4OS2. The maximum Gasteiger partial charge on any atom is 0.141 e. The van der Waals surface area contributed by atoms with Gasteiger partial charge in [-0.2, -0.15) is 0 Å². The number of fused-ring (bicyclic) bond motifs is 2. The van der Waals surface area contributed by atoms with Crippen LogP contribution in [0.2, 0.25) is 0 Å². The Bertz CT molecular complexity index is 1080. The third kappa shape index (κ3) is 4.21. The van der Waals surface area contributed by atoms with Crippen LogP contribution in [0.25, 0.3) is 21.1 Å². The topological polar surface area (TPSA) is 70.9 Å². The molecule has 2 heterocycles. The molecule has 0 aliphatic carbocycles. The van der Waals surface area contributed by atoms with Gasteiger partial charge in [-0.3, -0.25) is 0 Å². The minimum atomic E-state index is -0.421.